The summed E-state index contributed by atoms with van der Waals surface area (Å²) in [4.78, 5) is 47.6. The van der Waals surface area contributed by atoms with Crippen molar-refractivity contribution in [3.05, 3.63) is 65.8 Å². The van der Waals surface area contributed by atoms with Gasteiger partial charge < -0.3 is 5.21 Å². The second-order valence-corrected chi connectivity index (χ2v) is 9.10. The molecule has 1 fully saturated rings. The SMILES string of the molecule is O=CC(ONC[C@@H](CC1CCCC1)C(=O)N1N=CC[C@H]1C(=O)N=c1ccccn1O)c1ccccc1. The van der Waals surface area contributed by atoms with Crippen LogP contribution in [0.5, 0.6) is 0 Å². The molecule has 0 bridgehead atoms. The summed E-state index contributed by atoms with van der Waals surface area (Å²) in [6, 6.07) is 13.0. The second kappa shape index (κ2) is 12.4. The fourth-order valence-corrected chi connectivity index (χ4v) is 4.70. The van der Waals surface area contributed by atoms with Crippen LogP contribution in [0, 0.1) is 11.8 Å². The summed E-state index contributed by atoms with van der Waals surface area (Å²) in [6.07, 6.45) is 8.05. The number of pyridine rings is 1. The van der Waals surface area contributed by atoms with Crippen LogP contribution in [0.2, 0.25) is 0 Å². The number of aromatic nitrogens is 1. The average molecular weight is 494 g/mol. The van der Waals surface area contributed by atoms with Crippen LogP contribution in [0.4, 0.5) is 0 Å². The molecule has 2 aliphatic rings. The molecule has 2 aromatic rings. The third-order valence-electron chi connectivity index (χ3n) is 6.62. The van der Waals surface area contributed by atoms with E-state index in [9.17, 15) is 19.6 Å². The number of nitrogens with zero attached hydrogens (tertiary/aromatic N) is 4. The number of rotatable bonds is 10. The van der Waals surface area contributed by atoms with E-state index >= 15 is 0 Å². The summed E-state index contributed by atoms with van der Waals surface area (Å²) in [5, 5.41) is 15.3. The van der Waals surface area contributed by atoms with Crippen LogP contribution >= 0.6 is 0 Å². The van der Waals surface area contributed by atoms with Crippen molar-refractivity contribution in [3.8, 4) is 0 Å². The Morgan fingerprint density at radius 2 is 1.92 bits per heavy atom. The van der Waals surface area contributed by atoms with Crippen molar-refractivity contribution in [3.63, 3.8) is 0 Å². The molecule has 190 valence electrons. The van der Waals surface area contributed by atoms with Gasteiger partial charge in [-0.15, -0.1) is 0 Å². The molecule has 0 saturated heterocycles. The minimum absolute atomic E-state index is 0.0696. The lowest BCUT2D eigenvalue weighted by Crippen LogP contribution is -2.44. The highest BCUT2D eigenvalue weighted by atomic mass is 16.7. The maximum atomic E-state index is 13.6. The number of hydrazone groups is 1. The van der Waals surface area contributed by atoms with Crippen LogP contribution in [-0.2, 0) is 19.2 Å². The number of amides is 2. The molecule has 1 aromatic heterocycles. The van der Waals surface area contributed by atoms with Crippen molar-refractivity contribution in [1.82, 2.24) is 15.2 Å². The fourth-order valence-electron chi connectivity index (χ4n) is 4.70. The molecule has 2 amide bonds. The van der Waals surface area contributed by atoms with E-state index in [-0.39, 0.29) is 24.4 Å². The van der Waals surface area contributed by atoms with E-state index in [0.29, 0.717) is 24.2 Å². The molecule has 1 aliphatic heterocycles. The zero-order chi connectivity index (χ0) is 25.3. The number of aldehydes is 1. The van der Waals surface area contributed by atoms with Gasteiger partial charge in [0, 0.05) is 25.4 Å². The highest BCUT2D eigenvalue weighted by Crippen LogP contribution is 2.31. The van der Waals surface area contributed by atoms with E-state index in [0.717, 1.165) is 30.4 Å². The lowest BCUT2D eigenvalue weighted by atomic mass is 9.92. The first-order valence-corrected chi connectivity index (χ1v) is 12.3. The Bertz CT molecular complexity index is 1140. The summed E-state index contributed by atoms with van der Waals surface area (Å²) >= 11 is 0. The number of carbonyl (C=O) groups is 3. The molecule has 1 aliphatic carbocycles. The zero-order valence-corrected chi connectivity index (χ0v) is 20.0. The fraction of sp³-hybridized carbons (Fsp3) is 0.423. The summed E-state index contributed by atoms with van der Waals surface area (Å²) in [5.41, 5.74) is 3.60. The van der Waals surface area contributed by atoms with Crippen LogP contribution < -0.4 is 11.0 Å². The molecule has 10 nitrogen and oxygen atoms in total. The highest BCUT2D eigenvalue weighted by molar-refractivity contribution is 5.93. The average Bonchev–Trinajstić information content (AvgIpc) is 3.60. The van der Waals surface area contributed by atoms with Gasteiger partial charge in [0.25, 0.3) is 5.91 Å². The van der Waals surface area contributed by atoms with Gasteiger partial charge in [-0.25, -0.2) is 10.5 Å². The number of hydrogen-bond donors (Lipinski definition) is 2. The van der Waals surface area contributed by atoms with Gasteiger partial charge >= 0.3 is 0 Å². The summed E-state index contributed by atoms with van der Waals surface area (Å²) in [6.45, 7) is 0.173. The van der Waals surface area contributed by atoms with Crippen LogP contribution in [0.15, 0.2) is 64.8 Å². The van der Waals surface area contributed by atoms with Gasteiger partial charge in [0.05, 0.1) is 5.92 Å². The summed E-state index contributed by atoms with van der Waals surface area (Å²) < 4.78 is 0.750. The minimum atomic E-state index is -0.878. The topological polar surface area (TPSA) is 126 Å². The van der Waals surface area contributed by atoms with Gasteiger partial charge in [-0.2, -0.15) is 14.8 Å². The molecule has 1 unspecified atom stereocenters. The highest BCUT2D eigenvalue weighted by Gasteiger charge is 2.37. The summed E-state index contributed by atoms with van der Waals surface area (Å²) in [5.74, 6) is -0.961. The third-order valence-corrected chi connectivity index (χ3v) is 6.62. The maximum Gasteiger partial charge on any atom is 0.273 e. The first kappa shape index (κ1) is 25.5. The Kier molecular flexibility index (Phi) is 8.75. The largest absolute Gasteiger partial charge is 0.427 e. The Labute approximate surface area is 209 Å². The van der Waals surface area contributed by atoms with Gasteiger partial charge in [0.1, 0.15) is 6.04 Å². The van der Waals surface area contributed by atoms with Crippen molar-refractivity contribution < 1.29 is 24.4 Å². The van der Waals surface area contributed by atoms with E-state index < -0.39 is 24.0 Å². The molecule has 4 rings (SSSR count). The maximum absolute atomic E-state index is 13.6. The molecule has 3 atom stereocenters. The van der Waals surface area contributed by atoms with Crippen molar-refractivity contribution in [2.45, 2.75) is 50.7 Å². The Hall–Kier alpha value is -3.63. The van der Waals surface area contributed by atoms with Gasteiger partial charge in [-0.05, 0) is 30.0 Å². The lowest BCUT2D eigenvalue weighted by Gasteiger charge is -2.27. The van der Waals surface area contributed by atoms with E-state index in [2.05, 4.69) is 15.6 Å². The normalized spacial score (nSPS) is 19.9. The number of hydroxylamine groups is 1. The summed E-state index contributed by atoms with van der Waals surface area (Å²) in [7, 11) is 0. The monoisotopic (exact) mass is 493 g/mol. The van der Waals surface area contributed by atoms with Crippen LogP contribution in [0.1, 0.15) is 50.2 Å². The van der Waals surface area contributed by atoms with E-state index in [4.69, 9.17) is 4.84 Å². The Morgan fingerprint density at radius 1 is 1.17 bits per heavy atom. The molecule has 36 heavy (non-hydrogen) atoms. The quantitative estimate of drug-likeness (QED) is 0.297. The molecule has 2 N–H and O–H groups in total. The predicted octanol–water partition coefficient (Wildman–Crippen LogP) is 2.40. The molecule has 1 saturated carbocycles. The number of hydrogen-bond acceptors (Lipinski definition) is 7. The first-order valence-electron chi connectivity index (χ1n) is 12.3. The van der Waals surface area contributed by atoms with E-state index in [1.807, 2.05) is 18.2 Å². The number of carbonyl (C=O) groups excluding carboxylic acids is 3. The lowest BCUT2D eigenvalue weighted by molar-refractivity contribution is -0.143. The third kappa shape index (κ3) is 6.32. The van der Waals surface area contributed by atoms with Gasteiger partial charge in [0.2, 0.25) is 5.91 Å². The number of benzene rings is 1. The number of nitrogens with one attached hydrogen (secondary N) is 1. The Morgan fingerprint density at radius 3 is 2.64 bits per heavy atom. The van der Waals surface area contributed by atoms with Crippen molar-refractivity contribution in [1.29, 1.82) is 0 Å². The molecule has 2 heterocycles. The van der Waals surface area contributed by atoms with E-state index in [1.165, 1.54) is 23.5 Å². The molecular weight excluding hydrogens is 462 g/mol. The predicted molar refractivity (Wildman–Crippen MR) is 130 cm³/mol. The van der Waals surface area contributed by atoms with Crippen LogP contribution in [0.25, 0.3) is 0 Å². The first-order chi connectivity index (χ1) is 17.6. The van der Waals surface area contributed by atoms with E-state index in [1.54, 1.807) is 24.3 Å². The van der Waals surface area contributed by atoms with Crippen LogP contribution in [-0.4, -0.2) is 51.8 Å². The smallest absolute Gasteiger partial charge is 0.273 e. The van der Waals surface area contributed by atoms with Gasteiger partial charge in [0.15, 0.2) is 17.9 Å². The van der Waals surface area contributed by atoms with Gasteiger partial charge in [-0.1, -0.05) is 62.1 Å². The van der Waals surface area contributed by atoms with Crippen molar-refractivity contribution in [2.24, 2.45) is 21.9 Å². The molecule has 10 heteroatoms. The second-order valence-electron chi connectivity index (χ2n) is 9.10. The van der Waals surface area contributed by atoms with Crippen molar-refractivity contribution >= 4 is 24.3 Å². The standard InChI is InChI=1S/C26H31N5O5/c32-18-23(20-10-2-1-3-11-20)36-28-17-21(16-19-8-4-5-9-19)26(34)31-22(13-14-27-31)25(33)29-24-12-6-7-15-30(24)35/h1-3,6-7,10-12,14-15,18-19,21-23,28,35H,4-5,8-9,13,16-17H2/t21-,22+,23?/m1/s1. The van der Waals surface area contributed by atoms with Crippen LogP contribution in [0.3, 0.4) is 0 Å². The minimum Gasteiger partial charge on any atom is -0.427 e. The molecule has 1 aromatic carbocycles. The molecule has 0 radical (unpaired) electrons. The zero-order valence-electron chi connectivity index (χ0n) is 20.0. The van der Waals surface area contributed by atoms with Gasteiger partial charge in [-0.3, -0.25) is 19.2 Å². The molecule has 0 spiro atoms. The molecular formula is C26H31N5O5. The Balaban J connectivity index is 1.45. The van der Waals surface area contributed by atoms with Crippen molar-refractivity contribution in [2.75, 3.05) is 6.54 Å².